The van der Waals surface area contributed by atoms with Gasteiger partial charge in [-0.3, -0.25) is 9.36 Å². The van der Waals surface area contributed by atoms with Crippen molar-refractivity contribution >= 4 is 33.6 Å². The molecule has 162 valence electrons. The van der Waals surface area contributed by atoms with Gasteiger partial charge in [-0.1, -0.05) is 96.0 Å². The van der Waals surface area contributed by atoms with E-state index in [1.165, 1.54) is 31.0 Å². The fourth-order valence-electron chi connectivity index (χ4n) is 4.06. The van der Waals surface area contributed by atoms with Crippen LogP contribution >= 0.6 is 27.7 Å². The molecule has 2 atom stereocenters. The molecule has 0 aliphatic heterocycles. The molecule has 31 heavy (non-hydrogen) atoms. The molecule has 1 aliphatic rings. The lowest BCUT2D eigenvalue weighted by Gasteiger charge is -2.29. The number of carbonyl (C=O) groups is 1. The van der Waals surface area contributed by atoms with Crippen LogP contribution in [0, 0.1) is 5.92 Å². The number of amides is 1. The number of hydrogen-bond acceptors (Lipinski definition) is 4. The highest BCUT2D eigenvalue weighted by atomic mass is 79.9. The molecule has 0 saturated heterocycles. The molecule has 4 rings (SSSR count). The smallest absolute Gasteiger partial charge is 0.230 e. The van der Waals surface area contributed by atoms with Gasteiger partial charge in [-0.15, -0.1) is 10.2 Å². The standard InChI is InChI=1S/C24H27BrN4OS/c1-17-9-5-8-14-21(17)26-22(30)16-31-24-28-27-23(19-12-6-7-13-20(19)25)29(24)15-18-10-3-2-4-11-18/h2-4,6-7,10-13,17,21H,5,8-9,14-16H2,1H3,(H,26,30)/t17-,21-/m1/s1. The van der Waals surface area contributed by atoms with Crippen LogP contribution in [0.5, 0.6) is 0 Å². The Hall–Kier alpha value is -2.12. The van der Waals surface area contributed by atoms with Crippen molar-refractivity contribution in [3.63, 3.8) is 0 Å². The molecule has 1 aromatic heterocycles. The average molecular weight is 499 g/mol. The fourth-order valence-corrected chi connectivity index (χ4v) is 5.27. The molecule has 1 N–H and O–H groups in total. The van der Waals surface area contributed by atoms with Gasteiger partial charge in [-0.25, -0.2) is 0 Å². The number of halogens is 1. The molecular formula is C24H27BrN4OS. The van der Waals surface area contributed by atoms with Gasteiger partial charge in [0.25, 0.3) is 0 Å². The molecule has 7 heteroatoms. The van der Waals surface area contributed by atoms with E-state index in [0.717, 1.165) is 33.0 Å². The lowest BCUT2D eigenvalue weighted by molar-refractivity contribution is -0.119. The number of aromatic nitrogens is 3. The molecule has 1 heterocycles. The third-order valence-electron chi connectivity index (χ3n) is 5.81. The predicted octanol–water partition coefficient (Wildman–Crippen LogP) is 5.54. The van der Waals surface area contributed by atoms with Crippen LogP contribution in [-0.4, -0.2) is 32.5 Å². The van der Waals surface area contributed by atoms with Crippen molar-refractivity contribution in [1.29, 1.82) is 0 Å². The summed E-state index contributed by atoms with van der Waals surface area (Å²) in [5.74, 6) is 1.75. The van der Waals surface area contributed by atoms with Crippen LogP contribution in [0.3, 0.4) is 0 Å². The molecule has 1 fully saturated rings. The Morgan fingerprint density at radius 3 is 2.61 bits per heavy atom. The molecule has 0 spiro atoms. The van der Waals surface area contributed by atoms with Crippen LogP contribution in [0.25, 0.3) is 11.4 Å². The van der Waals surface area contributed by atoms with Gasteiger partial charge in [0.15, 0.2) is 11.0 Å². The minimum absolute atomic E-state index is 0.0699. The lowest BCUT2D eigenvalue weighted by Crippen LogP contribution is -2.41. The normalized spacial score (nSPS) is 18.6. The van der Waals surface area contributed by atoms with Gasteiger partial charge >= 0.3 is 0 Å². The number of nitrogens with one attached hydrogen (secondary N) is 1. The van der Waals surface area contributed by atoms with Gasteiger partial charge in [0, 0.05) is 16.1 Å². The van der Waals surface area contributed by atoms with Gasteiger partial charge < -0.3 is 5.32 Å². The summed E-state index contributed by atoms with van der Waals surface area (Å²) in [6.45, 7) is 2.88. The molecule has 3 aromatic rings. The predicted molar refractivity (Wildman–Crippen MR) is 129 cm³/mol. The Morgan fingerprint density at radius 1 is 1.10 bits per heavy atom. The highest BCUT2D eigenvalue weighted by molar-refractivity contribution is 9.10. The van der Waals surface area contributed by atoms with Crippen LogP contribution < -0.4 is 5.32 Å². The maximum Gasteiger partial charge on any atom is 0.230 e. The van der Waals surface area contributed by atoms with E-state index in [9.17, 15) is 4.79 Å². The van der Waals surface area contributed by atoms with Gasteiger partial charge in [-0.2, -0.15) is 0 Å². The maximum atomic E-state index is 12.6. The Labute approximate surface area is 196 Å². The zero-order chi connectivity index (χ0) is 21.6. The molecule has 2 aromatic carbocycles. The van der Waals surface area contributed by atoms with Crippen molar-refractivity contribution in [3.05, 3.63) is 64.6 Å². The van der Waals surface area contributed by atoms with Crippen molar-refractivity contribution < 1.29 is 4.79 Å². The van der Waals surface area contributed by atoms with Crippen molar-refractivity contribution in [2.24, 2.45) is 5.92 Å². The summed E-state index contributed by atoms with van der Waals surface area (Å²) in [7, 11) is 0. The van der Waals surface area contributed by atoms with Crippen LogP contribution in [0.1, 0.15) is 38.2 Å². The van der Waals surface area contributed by atoms with Crippen molar-refractivity contribution in [2.45, 2.75) is 50.4 Å². The summed E-state index contributed by atoms with van der Waals surface area (Å²) in [6, 6.07) is 18.6. The molecule has 0 radical (unpaired) electrons. The van der Waals surface area contributed by atoms with E-state index in [4.69, 9.17) is 0 Å². The maximum absolute atomic E-state index is 12.6. The zero-order valence-corrected chi connectivity index (χ0v) is 20.0. The number of hydrogen-bond donors (Lipinski definition) is 1. The second kappa shape index (κ2) is 10.5. The highest BCUT2D eigenvalue weighted by Gasteiger charge is 2.23. The Kier molecular flexibility index (Phi) is 7.45. The van der Waals surface area contributed by atoms with E-state index in [1.54, 1.807) is 0 Å². The summed E-state index contributed by atoms with van der Waals surface area (Å²) in [6.07, 6.45) is 4.73. The monoisotopic (exact) mass is 498 g/mol. The summed E-state index contributed by atoms with van der Waals surface area (Å²) in [5, 5.41) is 12.9. The van der Waals surface area contributed by atoms with Gasteiger partial charge in [-0.05, 0) is 30.4 Å². The summed E-state index contributed by atoms with van der Waals surface area (Å²) in [4.78, 5) is 12.6. The van der Waals surface area contributed by atoms with Crippen LogP contribution in [0.4, 0.5) is 0 Å². The van der Waals surface area contributed by atoms with E-state index < -0.39 is 0 Å². The molecular weight excluding hydrogens is 472 g/mol. The Bertz CT molecular complexity index is 1020. The third kappa shape index (κ3) is 5.57. The van der Waals surface area contributed by atoms with E-state index in [2.05, 4.69) is 55.1 Å². The summed E-state index contributed by atoms with van der Waals surface area (Å²) >= 11 is 5.08. The Balaban J connectivity index is 1.53. The molecule has 1 aliphatic carbocycles. The van der Waals surface area contributed by atoms with E-state index in [1.807, 2.05) is 42.5 Å². The van der Waals surface area contributed by atoms with Crippen LogP contribution in [0.2, 0.25) is 0 Å². The van der Waals surface area contributed by atoms with Crippen molar-refractivity contribution in [3.8, 4) is 11.4 Å². The first-order valence-corrected chi connectivity index (χ1v) is 12.5. The van der Waals surface area contributed by atoms with Crippen LogP contribution in [0.15, 0.2) is 64.2 Å². The minimum Gasteiger partial charge on any atom is -0.352 e. The first-order valence-electron chi connectivity index (χ1n) is 10.8. The van der Waals surface area contributed by atoms with E-state index in [0.29, 0.717) is 24.3 Å². The van der Waals surface area contributed by atoms with Gasteiger partial charge in [0.05, 0.1) is 12.3 Å². The average Bonchev–Trinajstić information content (AvgIpc) is 3.17. The third-order valence-corrected chi connectivity index (χ3v) is 7.46. The quantitative estimate of drug-likeness (QED) is 0.434. The fraction of sp³-hybridized carbons (Fsp3) is 0.375. The molecule has 0 unspecified atom stereocenters. The minimum atomic E-state index is 0.0699. The lowest BCUT2D eigenvalue weighted by atomic mass is 9.86. The van der Waals surface area contributed by atoms with E-state index >= 15 is 0 Å². The van der Waals surface area contributed by atoms with Gasteiger partial charge in [0.1, 0.15) is 0 Å². The first-order chi connectivity index (χ1) is 15.1. The number of carbonyl (C=O) groups excluding carboxylic acids is 1. The molecule has 1 amide bonds. The largest absolute Gasteiger partial charge is 0.352 e. The second-order valence-corrected chi connectivity index (χ2v) is 9.88. The SMILES string of the molecule is C[C@@H]1CCCC[C@H]1NC(=O)CSc1nnc(-c2ccccc2Br)n1Cc1ccccc1. The van der Waals surface area contributed by atoms with Gasteiger partial charge in [0.2, 0.25) is 5.91 Å². The Morgan fingerprint density at radius 2 is 1.84 bits per heavy atom. The molecule has 1 saturated carbocycles. The summed E-state index contributed by atoms with van der Waals surface area (Å²) < 4.78 is 3.06. The van der Waals surface area contributed by atoms with E-state index in [-0.39, 0.29) is 5.91 Å². The summed E-state index contributed by atoms with van der Waals surface area (Å²) in [5.41, 5.74) is 2.15. The highest BCUT2D eigenvalue weighted by Crippen LogP contribution is 2.30. The van der Waals surface area contributed by atoms with Crippen LogP contribution in [-0.2, 0) is 11.3 Å². The topological polar surface area (TPSA) is 59.8 Å². The zero-order valence-electron chi connectivity index (χ0n) is 17.6. The number of benzene rings is 2. The number of thioether (sulfide) groups is 1. The number of rotatable bonds is 7. The molecule has 0 bridgehead atoms. The van der Waals surface area contributed by atoms with Crippen molar-refractivity contribution in [1.82, 2.24) is 20.1 Å². The first kappa shape index (κ1) is 22.1. The second-order valence-electron chi connectivity index (χ2n) is 8.08. The number of nitrogens with zero attached hydrogens (tertiary/aromatic N) is 3. The van der Waals surface area contributed by atoms with Crippen molar-refractivity contribution in [2.75, 3.05) is 5.75 Å². The molecule has 5 nitrogen and oxygen atoms in total.